The van der Waals surface area contributed by atoms with Crippen LogP contribution in [0.15, 0.2) is 11.8 Å². The molecule has 14 heavy (non-hydrogen) atoms. The number of esters is 1. The lowest BCUT2D eigenvalue weighted by Crippen LogP contribution is -2.13. The van der Waals surface area contributed by atoms with Crippen LogP contribution in [0.1, 0.15) is 33.6 Å². The summed E-state index contributed by atoms with van der Waals surface area (Å²) in [6.07, 6.45) is 3.53. The lowest BCUT2D eigenvalue weighted by molar-refractivity contribution is -0.136. The number of rotatable bonds is 6. The smallest absolute Gasteiger partial charge is 0.337 e. The molecule has 0 rings (SSSR count). The Labute approximate surface area is 86.1 Å². The maximum atomic E-state index is 11.4. The molecule has 1 unspecified atom stereocenters. The average molecular weight is 200 g/mol. The second-order valence-electron chi connectivity index (χ2n) is 3.21. The van der Waals surface area contributed by atoms with Crippen LogP contribution in [0.5, 0.6) is 0 Å². The first-order valence-corrected chi connectivity index (χ1v) is 5.07. The zero-order valence-corrected chi connectivity index (χ0v) is 9.50. The summed E-state index contributed by atoms with van der Waals surface area (Å²) in [4.78, 5) is 11.4. The van der Waals surface area contributed by atoms with E-state index >= 15 is 0 Å². The van der Waals surface area contributed by atoms with Crippen LogP contribution in [-0.4, -0.2) is 19.7 Å². The van der Waals surface area contributed by atoms with E-state index in [1.165, 1.54) is 13.4 Å². The maximum Gasteiger partial charge on any atom is 0.337 e. The lowest BCUT2D eigenvalue weighted by atomic mass is 9.97. The number of hydrogen-bond acceptors (Lipinski definition) is 3. The van der Waals surface area contributed by atoms with Gasteiger partial charge >= 0.3 is 5.97 Å². The van der Waals surface area contributed by atoms with Crippen molar-refractivity contribution < 1.29 is 14.3 Å². The molecule has 0 aromatic heterocycles. The second kappa shape index (κ2) is 7.42. The summed E-state index contributed by atoms with van der Waals surface area (Å²) < 4.78 is 9.81. The normalized spacial score (nSPS) is 13.6. The largest absolute Gasteiger partial charge is 0.501 e. The molecular formula is C11H20O3. The van der Waals surface area contributed by atoms with Gasteiger partial charge in [0.1, 0.15) is 0 Å². The molecule has 0 aromatic carbocycles. The third-order valence-corrected chi connectivity index (χ3v) is 2.05. The number of hydrogen-bond donors (Lipinski definition) is 0. The van der Waals surface area contributed by atoms with Gasteiger partial charge in [0.05, 0.1) is 25.6 Å². The van der Waals surface area contributed by atoms with Crippen molar-refractivity contribution in [1.29, 1.82) is 0 Å². The van der Waals surface area contributed by atoms with E-state index in [1.54, 1.807) is 0 Å². The number of methoxy groups -OCH3 is 1. The first kappa shape index (κ1) is 13.0. The van der Waals surface area contributed by atoms with Crippen molar-refractivity contribution in [2.24, 2.45) is 5.92 Å². The molecule has 0 N–H and O–H groups in total. The number of carbonyl (C=O) groups excluding carboxylic acids is 1. The van der Waals surface area contributed by atoms with E-state index in [1.807, 2.05) is 13.8 Å². The Morgan fingerprint density at radius 2 is 2.07 bits per heavy atom. The Hall–Kier alpha value is -0.990. The minimum Gasteiger partial charge on any atom is -0.501 e. The zero-order chi connectivity index (χ0) is 11.0. The van der Waals surface area contributed by atoms with Crippen LogP contribution in [-0.2, 0) is 14.3 Å². The van der Waals surface area contributed by atoms with E-state index in [2.05, 4.69) is 11.7 Å². The second-order valence-corrected chi connectivity index (χ2v) is 3.21. The van der Waals surface area contributed by atoms with E-state index < -0.39 is 0 Å². The van der Waals surface area contributed by atoms with Crippen molar-refractivity contribution in [3.05, 3.63) is 11.8 Å². The van der Waals surface area contributed by atoms with E-state index in [0.29, 0.717) is 12.2 Å². The van der Waals surface area contributed by atoms with E-state index in [0.717, 1.165) is 12.8 Å². The van der Waals surface area contributed by atoms with Crippen molar-refractivity contribution >= 4 is 5.97 Å². The highest BCUT2D eigenvalue weighted by Gasteiger charge is 2.17. The molecule has 3 nitrogen and oxygen atoms in total. The van der Waals surface area contributed by atoms with Gasteiger partial charge in [-0.15, -0.1) is 0 Å². The third-order valence-electron chi connectivity index (χ3n) is 2.05. The molecule has 0 saturated heterocycles. The molecule has 0 spiro atoms. The fourth-order valence-corrected chi connectivity index (χ4v) is 1.24. The Morgan fingerprint density at radius 1 is 1.43 bits per heavy atom. The predicted octanol–water partition coefficient (Wildman–Crippen LogP) is 2.52. The Morgan fingerprint density at radius 3 is 2.50 bits per heavy atom. The third kappa shape index (κ3) is 4.30. The van der Waals surface area contributed by atoms with E-state index in [4.69, 9.17) is 4.74 Å². The van der Waals surface area contributed by atoms with Crippen LogP contribution < -0.4 is 0 Å². The van der Waals surface area contributed by atoms with E-state index in [9.17, 15) is 4.79 Å². The molecule has 82 valence electrons. The van der Waals surface area contributed by atoms with Crippen molar-refractivity contribution in [3.8, 4) is 0 Å². The first-order chi connectivity index (χ1) is 6.67. The molecule has 0 saturated carbocycles. The standard InChI is InChI=1S/C11H20O3/c1-5-7-9(3)10(8-14-6-2)11(12)13-4/h8-9H,5-7H2,1-4H3. The summed E-state index contributed by atoms with van der Waals surface area (Å²) in [7, 11) is 1.39. The van der Waals surface area contributed by atoms with Gasteiger partial charge in [-0.05, 0) is 19.3 Å². The molecule has 0 heterocycles. The maximum absolute atomic E-state index is 11.4. The molecule has 0 aliphatic carbocycles. The van der Waals surface area contributed by atoms with Crippen molar-refractivity contribution in [1.82, 2.24) is 0 Å². The summed E-state index contributed by atoms with van der Waals surface area (Å²) in [5.41, 5.74) is 0.621. The molecule has 0 aromatic rings. The molecule has 0 amide bonds. The highest BCUT2D eigenvalue weighted by molar-refractivity contribution is 5.88. The quantitative estimate of drug-likeness (QED) is 0.375. The van der Waals surface area contributed by atoms with Crippen molar-refractivity contribution in [3.63, 3.8) is 0 Å². The van der Waals surface area contributed by atoms with Crippen molar-refractivity contribution in [2.75, 3.05) is 13.7 Å². The van der Waals surface area contributed by atoms with Crippen LogP contribution in [0.4, 0.5) is 0 Å². The van der Waals surface area contributed by atoms with Crippen LogP contribution in [0.3, 0.4) is 0 Å². The average Bonchev–Trinajstić information content (AvgIpc) is 2.18. The molecule has 0 fully saturated rings. The van der Waals surface area contributed by atoms with Crippen molar-refractivity contribution in [2.45, 2.75) is 33.6 Å². The summed E-state index contributed by atoms with van der Waals surface area (Å²) in [6, 6.07) is 0. The monoisotopic (exact) mass is 200 g/mol. The summed E-state index contributed by atoms with van der Waals surface area (Å²) in [5, 5.41) is 0. The SMILES string of the molecule is CCCC(C)C(=COCC)C(=O)OC. The highest BCUT2D eigenvalue weighted by atomic mass is 16.5. The highest BCUT2D eigenvalue weighted by Crippen LogP contribution is 2.17. The van der Waals surface area contributed by atoms with Gasteiger partial charge in [-0.1, -0.05) is 20.3 Å². The van der Waals surface area contributed by atoms with E-state index in [-0.39, 0.29) is 11.9 Å². The molecule has 0 bridgehead atoms. The van der Waals surface area contributed by atoms with Gasteiger partial charge in [-0.3, -0.25) is 0 Å². The zero-order valence-electron chi connectivity index (χ0n) is 9.50. The Kier molecular flexibility index (Phi) is 6.89. The van der Waals surface area contributed by atoms with Crippen LogP contribution in [0.2, 0.25) is 0 Å². The van der Waals surface area contributed by atoms with Gasteiger partial charge in [0.15, 0.2) is 0 Å². The molecular weight excluding hydrogens is 180 g/mol. The summed E-state index contributed by atoms with van der Waals surface area (Å²) >= 11 is 0. The molecule has 0 aliphatic rings. The van der Waals surface area contributed by atoms with Crippen LogP contribution in [0, 0.1) is 5.92 Å². The first-order valence-electron chi connectivity index (χ1n) is 5.07. The van der Waals surface area contributed by atoms with Gasteiger partial charge in [-0.2, -0.15) is 0 Å². The van der Waals surface area contributed by atoms with Gasteiger partial charge < -0.3 is 9.47 Å². The number of ether oxygens (including phenoxy) is 2. The molecule has 1 atom stereocenters. The minimum atomic E-state index is -0.292. The molecule has 3 heteroatoms. The number of carbonyl (C=O) groups is 1. The molecule has 0 aliphatic heterocycles. The predicted molar refractivity (Wildman–Crippen MR) is 55.8 cm³/mol. The molecule has 0 radical (unpaired) electrons. The lowest BCUT2D eigenvalue weighted by Gasteiger charge is -2.12. The van der Waals surface area contributed by atoms with Gasteiger partial charge in [0, 0.05) is 0 Å². The van der Waals surface area contributed by atoms with Crippen LogP contribution in [0.25, 0.3) is 0 Å². The van der Waals surface area contributed by atoms with Gasteiger partial charge in [-0.25, -0.2) is 4.79 Å². The fourth-order valence-electron chi connectivity index (χ4n) is 1.24. The topological polar surface area (TPSA) is 35.5 Å². The van der Waals surface area contributed by atoms with Gasteiger partial charge in [0.2, 0.25) is 0 Å². The summed E-state index contributed by atoms with van der Waals surface area (Å²) in [6.45, 7) is 6.55. The summed E-state index contributed by atoms with van der Waals surface area (Å²) in [5.74, 6) is -0.0987. The Bertz CT molecular complexity index is 197. The Balaban J connectivity index is 4.45. The minimum absolute atomic E-state index is 0.194. The fraction of sp³-hybridized carbons (Fsp3) is 0.727. The van der Waals surface area contributed by atoms with Gasteiger partial charge in [0.25, 0.3) is 0 Å². The van der Waals surface area contributed by atoms with Crippen LogP contribution >= 0.6 is 0 Å².